The molecule has 4 nitrogen and oxygen atoms in total. The minimum atomic E-state index is -0.419. The van der Waals surface area contributed by atoms with E-state index in [2.05, 4.69) is 19.2 Å². The fourth-order valence-electron chi connectivity index (χ4n) is 2.27. The van der Waals surface area contributed by atoms with Crippen LogP contribution in [0.2, 0.25) is 0 Å². The Morgan fingerprint density at radius 3 is 2.53 bits per heavy atom. The third-order valence-corrected chi connectivity index (χ3v) is 3.54. The highest BCUT2D eigenvalue weighted by Gasteiger charge is 2.15. The molecule has 0 aliphatic carbocycles. The highest BCUT2D eigenvalue weighted by atomic mass is 16.3. The van der Waals surface area contributed by atoms with Gasteiger partial charge in [-0.2, -0.15) is 0 Å². The van der Waals surface area contributed by atoms with Crippen LogP contribution in [0.15, 0.2) is 24.3 Å². The van der Waals surface area contributed by atoms with Crippen molar-refractivity contribution < 1.29 is 9.90 Å². The van der Waals surface area contributed by atoms with E-state index in [1.165, 1.54) is 0 Å². The van der Waals surface area contributed by atoms with Crippen LogP contribution in [0.3, 0.4) is 0 Å². The van der Waals surface area contributed by atoms with Crippen LogP contribution in [0.5, 0.6) is 0 Å². The predicted molar refractivity (Wildman–Crippen MR) is 76.7 cm³/mol. The van der Waals surface area contributed by atoms with Gasteiger partial charge in [0.2, 0.25) is 5.91 Å². The van der Waals surface area contributed by atoms with Crippen molar-refractivity contribution in [3.05, 3.63) is 35.4 Å². The van der Waals surface area contributed by atoms with Gasteiger partial charge in [0, 0.05) is 18.7 Å². The molecule has 1 atom stereocenters. The molecule has 1 amide bonds. The Kier molecular flexibility index (Phi) is 6.53. The normalized spacial score (nSPS) is 12.6. The number of benzene rings is 1. The summed E-state index contributed by atoms with van der Waals surface area (Å²) in [5, 5.41) is 13.2. The van der Waals surface area contributed by atoms with E-state index in [9.17, 15) is 9.90 Å². The zero-order chi connectivity index (χ0) is 14.3. The number of carbonyl (C=O) groups excluding carboxylic acids is 1. The summed E-state index contributed by atoms with van der Waals surface area (Å²) in [4.78, 5) is 11.3. The maximum atomic E-state index is 11.3. The molecule has 1 aromatic carbocycles. The lowest BCUT2D eigenvalue weighted by atomic mass is 9.96. The summed E-state index contributed by atoms with van der Waals surface area (Å²) >= 11 is 0. The zero-order valence-corrected chi connectivity index (χ0v) is 11.7. The van der Waals surface area contributed by atoms with Crippen LogP contribution < -0.4 is 11.1 Å². The molecule has 0 heterocycles. The summed E-state index contributed by atoms with van der Waals surface area (Å²) in [6.45, 7) is 5.23. The molecule has 0 fully saturated rings. The number of hydrogen-bond donors (Lipinski definition) is 3. The lowest BCUT2D eigenvalue weighted by Crippen LogP contribution is -2.32. The van der Waals surface area contributed by atoms with Gasteiger partial charge in [0.1, 0.15) is 0 Å². The zero-order valence-electron chi connectivity index (χ0n) is 11.7. The van der Waals surface area contributed by atoms with Gasteiger partial charge in [0.15, 0.2) is 0 Å². The maximum Gasteiger partial charge on any atom is 0.249 e. The summed E-state index contributed by atoms with van der Waals surface area (Å²) in [6.07, 6.45) is 1.59. The molecule has 1 unspecified atom stereocenters. The van der Waals surface area contributed by atoms with E-state index in [-0.39, 0.29) is 6.10 Å². The van der Waals surface area contributed by atoms with E-state index >= 15 is 0 Å². The number of hydrogen-bond acceptors (Lipinski definition) is 3. The third-order valence-electron chi connectivity index (χ3n) is 3.54. The van der Waals surface area contributed by atoms with Crippen LogP contribution in [-0.4, -0.2) is 23.7 Å². The van der Waals surface area contributed by atoms with Crippen molar-refractivity contribution in [1.82, 2.24) is 5.32 Å². The Hall–Kier alpha value is -1.39. The van der Waals surface area contributed by atoms with E-state index in [0.717, 1.165) is 18.4 Å². The van der Waals surface area contributed by atoms with E-state index in [1.54, 1.807) is 12.1 Å². The Morgan fingerprint density at radius 1 is 1.32 bits per heavy atom. The van der Waals surface area contributed by atoms with Crippen LogP contribution >= 0.6 is 0 Å². The molecular formula is C15H24N2O2. The van der Waals surface area contributed by atoms with Gasteiger partial charge in [0.25, 0.3) is 0 Å². The molecule has 19 heavy (non-hydrogen) atoms. The Balaban J connectivity index is 2.52. The van der Waals surface area contributed by atoms with Crippen molar-refractivity contribution in [2.75, 3.05) is 6.54 Å². The second kappa shape index (κ2) is 7.92. The molecule has 0 bridgehead atoms. The number of nitrogens with one attached hydrogen (secondary N) is 1. The topological polar surface area (TPSA) is 75.3 Å². The van der Waals surface area contributed by atoms with Gasteiger partial charge in [-0.25, -0.2) is 0 Å². The molecule has 0 saturated heterocycles. The standard InChI is InChI=1S/C15H24N2O2/c1-3-11(4-2)14(18)10-17-9-12-7-5-6-8-13(12)15(16)19/h5-8,11,14,17-18H,3-4,9-10H2,1-2H3,(H2,16,19). The van der Waals surface area contributed by atoms with Gasteiger partial charge in [-0.3, -0.25) is 4.79 Å². The third kappa shape index (κ3) is 4.65. The summed E-state index contributed by atoms with van der Waals surface area (Å²) in [5.74, 6) is -0.100. The van der Waals surface area contributed by atoms with Gasteiger partial charge in [-0.15, -0.1) is 0 Å². The van der Waals surface area contributed by atoms with E-state index < -0.39 is 5.91 Å². The van der Waals surface area contributed by atoms with Crippen LogP contribution in [0.1, 0.15) is 42.6 Å². The maximum absolute atomic E-state index is 11.3. The van der Waals surface area contributed by atoms with Gasteiger partial charge < -0.3 is 16.2 Å². The fourth-order valence-corrected chi connectivity index (χ4v) is 2.27. The van der Waals surface area contributed by atoms with Crippen LogP contribution in [0.25, 0.3) is 0 Å². The first-order valence-electron chi connectivity index (χ1n) is 6.86. The van der Waals surface area contributed by atoms with Crippen molar-refractivity contribution in [3.63, 3.8) is 0 Å². The van der Waals surface area contributed by atoms with Gasteiger partial charge in [0.05, 0.1) is 6.10 Å². The van der Waals surface area contributed by atoms with Crippen molar-refractivity contribution in [3.8, 4) is 0 Å². The second-order valence-corrected chi connectivity index (χ2v) is 4.80. The Labute approximate surface area is 115 Å². The van der Waals surface area contributed by atoms with Crippen molar-refractivity contribution in [1.29, 1.82) is 0 Å². The minimum Gasteiger partial charge on any atom is -0.392 e. The van der Waals surface area contributed by atoms with Gasteiger partial charge in [-0.1, -0.05) is 44.9 Å². The SMILES string of the molecule is CCC(CC)C(O)CNCc1ccccc1C(N)=O. The summed E-state index contributed by atoms with van der Waals surface area (Å²) in [5.41, 5.74) is 6.72. The number of nitrogens with two attached hydrogens (primary N) is 1. The summed E-state index contributed by atoms with van der Waals surface area (Å²) in [6, 6.07) is 7.26. The summed E-state index contributed by atoms with van der Waals surface area (Å²) in [7, 11) is 0. The number of carbonyl (C=O) groups is 1. The number of aliphatic hydroxyl groups excluding tert-OH is 1. The molecule has 4 N–H and O–H groups in total. The van der Waals surface area contributed by atoms with Gasteiger partial charge in [-0.05, 0) is 17.5 Å². The summed E-state index contributed by atoms with van der Waals surface area (Å²) < 4.78 is 0. The smallest absolute Gasteiger partial charge is 0.249 e. The molecule has 1 rings (SSSR count). The molecule has 1 aromatic rings. The monoisotopic (exact) mass is 264 g/mol. The molecule has 0 saturated carbocycles. The van der Waals surface area contributed by atoms with Crippen molar-refractivity contribution >= 4 is 5.91 Å². The van der Waals surface area contributed by atoms with Crippen LogP contribution in [0, 0.1) is 5.92 Å². The Morgan fingerprint density at radius 2 is 1.95 bits per heavy atom. The largest absolute Gasteiger partial charge is 0.392 e. The minimum absolute atomic E-state index is 0.318. The molecule has 0 radical (unpaired) electrons. The highest BCUT2D eigenvalue weighted by Crippen LogP contribution is 2.13. The van der Waals surface area contributed by atoms with Crippen LogP contribution in [-0.2, 0) is 6.54 Å². The number of rotatable bonds is 8. The average Bonchev–Trinajstić information content (AvgIpc) is 2.40. The molecule has 106 valence electrons. The molecule has 0 aliphatic heterocycles. The highest BCUT2D eigenvalue weighted by molar-refractivity contribution is 5.94. The fraction of sp³-hybridized carbons (Fsp3) is 0.533. The molecule has 0 aromatic heterocycles. The first kappa shape index (κ1) is 15.7. The number of primary amides is 1. The van der Waals surface area contributed by atoms with E-state index in [4.69, 9.17) is 5.73 Å². The van der Waals surface area contributed by atoms with Crippen molar-refractivity contribution in [2.45, 2.75) is 39.3 Å². The predicted octanol–water partition coefficient (Wildman–Crippen LogP) is 1.67. The van der Waals surface area contributed by atoms with Crippen molar-refractivity contribution in [2.24, 2.45) is 11.7 Å². The lowest BCUT2D eigenvalue weighted by Gasteiger charge is -2.20. The van der Waals surface area contributed by atoms with E-state index in [0.29, 0.717) is 24.6 Å². The van der Waals surface area contributed by atoms with E-state index in [1.807, 2.05) is 12.1 Å². The molecule has 0 aliphatic rings. The van der Waals surface area contributed by atoms with Crippen LogP contribution in [0.4, 0.5) is 0 Å². The second-order valence-electron chi connectivity index (χ2n) is 4.80. The lowest BCUT2D eigenvalue weighted by molar-refractivity contribution is 0.0996. The molecule has 0 spiro atoms. The number of aliphatic hydroxyl groups is 1. The first-order valence-corrected chi connectivity index (χ1v) is 6.86. The first-order chi connectivity index (χ1) is 9.10. The average molecular weight is 264 g/mol. The number of amides is 1. The van der Waals surface area contributed by atoms with Gasteiger partial charge >= 0.3 is 0 Å². The quantitative estimate of drug-likeness (QED) is 0.668. The molecular weight excluding hydrogens is 240 g/mol. The molecule has 4 heteroatoms. The Bertz CT molecular complexity index is 403.